The topological polar surface area (TPSA) is 122 Å². The third-order valence-corrected chi connectivity index (χ3v) is 8.85. The van der Waals surface area contributed by atoms with E-state index in [-0.39, 0.29) is 37.3 Å². The minimum atomic E-state index is -1.46. The van der Waals surface area contributed by atoms with E-state index >= 15 is 0 Å². The highest BCUT2D eigenvalue weighted by Crippen LogP contribution is 2.50. The number of nitrogens with one attached hydrogen (secondary N) is 1. The number of rotatable bonds is 15. The van der Waals surface area contributed by atoms with Gasteiger partial charge in [0.15, 0.2) is 29.8 Å². The molecule has 2 aromatic heterocycles. The van der Waals surface area contributed by atoms with Crippen LogP contribution < -0.4 is 10.1 Å². The molecule has 3 heterocycles. The molecule has 5 unspecified atom stereocenters. The maximum atomic E-state index is 12.6. The number of amides is 1. The van der Waals surface area contributed by atoms with Gasteiger partial charge in [-0.05, 0) is 53.1 Å². The van der Waals surface area contributed by atoms with E-state index in [0.29, 0.717) is 23.5 Å². The Labute approximate surface area is 250 Å². The number of hydrogen-bond donors (Lipinski definition) is 1. The van der Waals surface area contributed by atoms with Crippen LogP contribution in [0.1, 0.15) is 62.0 Å². The van der Waals surface area contributed by atoms with E-state index in [2.05, 4.69) is 59.6 Å². The summed E-state index contributed by atoms with van der Waals surface area (Å²) in [5.41, 5.74) is 0.829. The minimum absolute atomic E-state index is 0.0349. The first kappa shape index (κ1) is 30.7. The van der Waals surface area contributed by atoms with Gasteiger partial charge in [-0.1, -0.05) is 31.5 Å². The molecule has 0 radical (unpaired) electrons. The van der Waals surface area contributed by atoms with E-state index in [4.69, 9.17) is 24.6 Å². The smallest absolute Gasteiger partial charge is 0.263 e. The van der Waals surface area contributed by atoms with Gasteiger partial charge in [0.25, 0.3) is 14.4 Å². The van der Waals surface area contributed by atoms with Gasteiger partial charge in [-0.15, -0.1) is 0 Å². The third-order valence-electron chi connectivity index (χ3n) is 6.72. The van der Waals surface area contributed by atoms with Crippen LogP contribution in [-0.4, -0.2) is 80.8 Å². The Morgan fingerprint density at radius 2 is 1.93 bits per heavy atom. The van der Waals surface area contributed by atoms with Gasteiger partial charge in [0.2, 0.25) is 0 Å². The number of unbranched alkanes of at least 4 members (excludes halogenated alkanes) is 1. The number of para-hydroxylation sites is 1. The van der Waals surface area contributed by atoms with Crippen molar-refractivity contribution in [3.8, 4) is 5.75 Å². The van der Waals surface area contributed by atoms with Crippen molar-refractivity contribution in [2.75, 3.05) is 25.6 Å². The number of ether oxygens (including phenoxy) is 3. The van der Waals surface area contributed by atoms with Gasteiger partial charge in [0.05, 0.1) is 19.0 Å². The number of benzene rings is 1. The Morgan fingerprint density at radius 1 is 1.17 bits per heavy atom. The molecule has 12 nitrogen and oxygen atoms in total. The van der Waals surface area contributed by atoms with Crippen LogP contribution in [0.3, 0.4) is 0 Å². The lowest BCUT2D eigenvalue weighted by Gasteiger charge is -2.38. The van der Waals surface area contributed by atoms with E-state index in [1.54, 1.807) is 30.1 Å². The van der Waals surface area contributed by atoms with Crippen molar-refractivity contribution in [1.82, 2.24) is 24.2 Å². The Hall–Kier alpha value is -2.73. The molecule has 1 aromatic carbocycles. The zero-order valence-electron chi connectivity index (χ0n) is 26.2. The molecule has 1 amide bonds. The molecule has 0 spiro atoms. The maximum absolute atomic E-state index is 12.6. The Morgan fingerprint density at radius 3 is 2.60 bits per heavy atom. The molecule has 1 fully saturated rings. The third kappa shape index (κ3) is 7.61. The number of hydrogen-bond acceptors (Lipinski definition) is 10. The molecule has 0 bridgehead atoms. The molecule has 5 atom stereocenters. The first-order chi connectivity index (χ1) is 20.8. The number of carbonyl (C=O) groups is 1. The normalized spacial score (nSPS) is 21.8. The van der Waals surface area contributed by atoms with Crippen molar-refractivity contribution in [2.45, 2.75) is 91.0 Å². The summed E-state index contributed by atoms with van der Waals surface area (Å²) in [7, 11) is 0.139. The zero-order valence-corrected chi connectivity index (χ0v) is 26.1. The van der Waals surface area contributed by atoms with E-state index in [0.717, 1.165) is 12.8 Å². The molecular formula is C29H43N6O6P. The lowest BCUT2D eigenvalue weighted by molar-refractivity contribution is -0.118. The van der Waals surface area contributed by atoms with Crippen LogP contribution in [0.2, 0.25) is 0 Å². The summed E-state index contributed by atoms with van der Waals surface area (Å²) in [6.07, 6.45) is 2.43. The fourth-order valence-corrected chi connectivity index (χ4v) is 6.60. The highest BCUT2D eigenvalue weighted by molar-refractivity contribution is 7.44. The standard InChI is InChI=1S/C29H43N6O6P/c1-8-9-15-39-42(35(19(2)3)20(4)5)41-25-21(6)40-29(26(25)37-7)34-18-32-24-27(30-17-31-28(24)34)33-23(36)16-38-22-13-11-10-12-14-22/h10-14,17-21,25-26,29H,8-9,15-16H2,1-7H3,(H,30,31,33,36)/i6D. The summed E-state index contributed by atoms with van der Waals surface area (Å²) in [6, 6.07) is 9.45. The highest BCUT2D eigenvalue weighted by atomic mass is 31.2. The molecule has 1 N–H and O–H groups in total. The maximum Gasteiger partial charge on any atom is 0.263 e. The van der Waals surface area contributed by atoms with Crippen molar-refractivity contribution in [1.29, 1.82) is 0 Å². The second kappa shape index (κ2) is 15.1. The number of fused-ring (bicyclic) bond motifs is 1. The molecule has 0 saturated carbocycles. The molecule has 42 heavy (non-hydrogen) atoms. The Balaban J connectivity index is 1.55. The lowest BCUT2D eigenvalue weighted by atomic mass is 10.1. The number of imidazole rings is 1. The van der Waals surface area contributed by atoms with E-state index in [1.165, 1.54) is 6.33 Å². The average Bonchev–Trinajstić information content (AvgIpc) is 3.57. The molecule has 1 saturated heterocycles. The van der Waals surface area contributed by atoms with Crippen molar-refractivity contribution in [3.63, 3.8) is 0 Å². The molecule has 3 aromatic rings. The quantitative estimate of drug-likeness (QED) is 0.180. The summed E-state index contributed by atoms with van der Waals surface area (Å²) in [4.78, 5) is 25.8. The molecule has 1 aliphatic heterocycles. The highest BCUT2D eigenvalue weighted by Gasteiger charge is 2.48. The summed E-state index contributed by atoms with van der Waals surface area (Å²) in [5, 5.41) is 2.76. The lowest BCUT2D eigenvalue weighted by Crippen LogP contribution is -2.39. The molecular weight excluding hydrogens is 559 g/mol. The number of nitrogens with zero attached hydrogens (tertiary/aromatic N) is 5. The number of carbonyl (C=O) groups excluding carboxylic acids is 1. The van der Waals surface area contributed by atoms with Gasteiger partial charge in [-0.2, -0.15) is 0 Å². The van der Waals surface area contributed by atoms with Crippen LogP contribution in [-0.2, 0) is 23.3 Å². The predicted octanol–water partition coefficient (Wildman–Crippen LogP) is 5.32. The van der Waals surface area contributed by atoms with Gasteiger partial charge in [-0.3, -0.25) is 9.36 Å². The SMILES string of the molecule is [2H]CC1OC(n2cnc3c(NC(=O)COc4ccccc4)ncnc32)C(OC)C1OP(OCCCC)N(C(C)C)C(C)C. The largest absolute Gasteiger partial charge is 0.484 e. The van der Waals surface area contributed by atoms with Crippen molar-refractivity contribution < 1.29 is 29.4 Å². The second-order valence-electron chi connectivity index (χ2n) is 10.5. The Bertz CT molecular complexity index is 1290. The molecule has 4 rings (SSSR count). The van der Waals surface area contributed by atoms with Crippen LogP contribution in [0, 0.1) is 0 Å². The predicted molar refractivity (Wildman–Crippen MR) is 161 cm³/mol. The second-order valence-corrected chi connectivity index (χ2v) is 11.9. The van der Waals surface area contributed by atoms with Gasteiger partial charge < -0.3 is 28.6 Å². The van der Waals surface area contributed by atoms with Gasteiger partial charge >= 0.3 is 0 Å². The fourth-order valence-electron chi connectivity index (χ4n) is 4.79. The molecule has 230 valence electrons. The van der Waals surface area contributed by atoms with Gasteiger partial charge in [0, 0.05) is 20.6 Å². The number of aromatic nitrogens is 4. The fraction of sp³-hybridized carbons (Fsp3) is 0.586. The van der Waals surface area contributed by atoms with E-state index < -0.39 is 33.1 Å². The van der Waals surface area contributed by atoms with Gasteiger partial charge in [-0.25, -0.2) is 19.6 Å². The summed E-state index contributed by atoms with van der Waals surface area (Å²) in [6.45, 7) is 10.9. The first-order valence-electron chi connectivity index (χ1n) is 15.0. The van der Waals surface area contributed by atoms with Crippen LogP contribution in [0.15, 0.2) is 43.0 Å². The zero-order chi connectivity index (χ0) is 30.9. The van der Waals surface area contributed by atoms with Crippen LogP contribution in [0.4, 0.5) is 5.82 Å². The van der Waals surface area contributed by atoms with Crippen LogP contribution >= 0.6 is 8.53 Å². The monoisotopic (exact) mass is 603 g/mol. The van der Waals surface area contributed by atoms with E-state index in [1.807, 2.05) is 18.2 Å². The minimum Gasteiger partial charge on any atom is -0.484 e. The van der Waals surface area contributed by atoms with Crippen molar-refractivity contribution in [3.05, 3.63) is 43.0 Å². The summed E-state index contributed by atoms with van der Waals surface area (Å²) >= 11 is 0. The van der Waals surface area contributed by atoms with Crippen molar-refractivity contribution in [2.24, 2.45) is 0 Å². The number of anilines is 1. The molecule has 0 aliphatic carbocycles. The molecule has 1 aliphatic rings. The van der Waals surface area contributed by atoms with Crippen LogP contribution in [0.25, 0.3) is 11.2 Å². The Kier molecular flexibility index (Phi) is 11.1. The van der Waals surface area contributed by atoms with Crippen molar-refractivity contribution >= 4 is 31.4 Å². The summed E-state index contributed by atoms with van der Waals surface area (Å²) < 4.78 is 43.1. The summed E-state index contributed by atoms with van der Waals surface area (Å²) in [5.74, 6) is 0.452. The van der Waals surface area contributed by atoms with Crippen LogP contribution in [0.5, 0.6) is 5.75 Å². The number of methoxy groups -OCH3 is 1. The van der Waals surface area contributed by atoms with Gasteiger partial charge in [0.1, 0.15) is 24.3 Å². The van der Waals surface area contributed by atoms with E-state index in [9.17, 15) is 4.79 Å². The first-order valence-corrected chi connectivity index (χ1v) is 15.4. The average molecular weight is 604 g/mol. The molecule has 13 heteroatoms.